The van der Waals surface area contributed by atoms with Gasteiger partial charge in [0.2, 0.25) is 5.72 Å². The maximum Gasteiger partial charge on any atom is 0.299 e. The van der Waals surface area contributed by atoms with Crippen LogP contribution in [0.15, 0.2) is 48.4 Å². The molecule has 0 aliphatic carbocycles. The predicted octanol–water partition coefficient (Wildman–Crippen LogP) is 2.25. The van der Waals surface area contributed by atoms with Crippen LogP contribution in [0.5, 0.6) is 0 Å². The Labute approximate surface area is 214 Å². The molecule has 3 aromatic rings. The van der Waals surface area contributed by atoms with Gasteiger partial charge in [0, 0.05) is 30.6 Å². The molecule has 0 spiro atoms. The van der Waals surface area contributed by atoms with Crippen molar-refractivity contribution in [1.29, 1.82) is 0 Å². The quantitative estimate of drug-likeness (QED) is 0.175. The predicted molar refractivity (Wildman–Crippen MR) is 139 cm³/mol. The van der Waals surface area contributed by atoms with Crippen LogP contribution in [0.4, 0.5) is 0 Å². The summed E-state index contributed by atoms with van der Waals surface area (Å²) in [6.07, 6.45) is 7.37. The lowest BCUT2D eigenvalue weighted by molar-refractivity contribution is 0.00837. The van der Waals surface area contributed by atoms with Crippen molar-refractivity contribution in [3.05, 3.63) is 47.2 Å². The van der Waals surface area contributed by atoms with E-state index in [1.165, 1.54) is 31.8 Å². The van der Waals surface area contributed by atoms with E-state index in [1.807, 2.05) is 0 Å². The Hall–Kier alpha value is -1.78. The Bertz CT molecular complexity index is 1350. The molecule has 0 aliphatic heterocycles. The molecule has 0 saturated carbocycles. The number of aromatic nitrogens is 4. The Morgan fingerprint density at radius 1 is 1.35 bits per heavy atom. The van der Waals surface area contributed by atoms with E-state index >= 15 is 0 Å². The van der Waals surface area contributed by atoms with E-state index in [9.17, 15) is 17.8 Å². The zero-order valence-electron chi connectivity index (χ0n) is 19.2. The number of hydrogen-bond donors (Lipinski definition) is 1. The molecule has 10 nitrogen and oxygen atoms in total. The van der Waals surface area contributed by atoms with E-state index in [2.05, 4.69) is 39.3 Å². The molecular formula is C21H26IN5O5S2. The number of methoxy groups -OCH3 is 1. The van der Waals surface area contributed by atoms with Crippen LogP contribution in [0.2, 0.25) is 0 Å². The molecule has 0 saturated heterocycles. The van der Waals surface area contributed by atoms with Crippen molar-refractivity contribution in [2.45, 2.75) is 36.1 Å². The van der Waals surface area contributed by atoms with Crippen LogP contribution in [-0.4, -0.2) is 67.1 Å². The second kappa shape index (κ2) is 9.70. The van der Waals surface area contributed by atoms with Gasteiger partial charge < -0.3 is 9.29 Å². The molecular weight excluding hydrogens is 593 g/mol. The smallest absolute Gasteiger partial charge is 0.299 e. The third-order valence-electron chi connectivity index (χ3n) is 5.17. The third kappa shape index (κ3) is 4.95. The summed E-state index contributed by atoms with van der Waals surface area (Å²) in [6, 6.07) is 1.64. The van der Waals surface area contributed by atoms with E-state index in [0.29, 0.717) is 16.8 Å². The number of sulfone groups is 1. The average molecular weight is 620 g/mol. The Balaban J connectivity index is 2.12. The van der Waals surface area contributed by atoms with Crippen LogP contribution in [0.3, 0.4) is 0 Å². The monoisotopic (exact) mass is 619 g/mol. The third-order valence-corrected chi connectivity index (χ3v) is 9.84. The van der Waals surface area contributed by atoms with Gasteiger partial charge in [-0.15, -0.1) is 0 Å². The number of nitrogens with two attached hydrogens (primary N) is 1. The van der Waals surface area contributed by atoms with Gasteiger partial charge in [-0.2, -0.15) is 5.10 Å². The highest BCUT2D eigenvalue weighted by molar-refractivity contribution is 14.1. The summed E-state index contributed by atoms with van der Waals surface area (Å²) in [6.45, 7) is 8.38. The van der Waals surface area contributed by atoms with Gasteiger partial charge in [0.1, 0.15) is 15.1 Å². The van der Waals surface area contributed by atoms with Crippen LogP contribution < -0.4 is 5.73 Å². The van der Waals surface area contributed by atoms with Crippen LogP contribution >= 0.6 is 22.6 Å². The molecule has 0 amide bonds. The lowest BCUT2D eigenvalue weighted by Crippen LogP contribution is -2.57. The summed E-state index contributed by atoms with van der Waals surface area (Å²) in [4.78, 5) is 17.5. The number of nitrogens with zero attached hydrogens (tertiary/aromatic N) is 4. The Morgan fingerprint density at radius 2 is 2.03 bits per heavy atom. The van der Waals surface area contributed by atoms with Crippen LogP contribution in [0, 0.1) is 3.70 Å². The molecule has 0 bridgehead atoms. The second-order valence-corrected chi connectivity index (χ2v) is 13.9. The number of pyridine rings is 1. The van der Waals surface area contributed by atoms with Crippen molar-refractivity contribution >= 4 is 55.2 Å². The van der Waals surface area contributed by atoms with Gasteiger partial charge in [0.25, 0.3) is 5.91 Å². The molecule has 1 unspecified atom stereocenters. The van der Waals surface area contributed by atoms with E-state index in [4.69, 9.17) is 10.5 Å². The number of fused-ring (bicyclic) bond motifs is 1. The summed E-state index contributed by atoms with van der Waals surface area (Å²) >= 11 is 0.599. The maximum absolute atomic E-state index is 13.4. The van der Waals surface area contributed by atoms with E-state index in [1.54, 1.807) is 37.4 Å². The first-order valence-electron chi connectivity index (χ1n) is 10.1. The van der Waals surface area contributed by atoms with Crippen molar-refractivity contribution in [2.24, 2.45) is 5.73 Å². The Morgan fingerprint density at radius 3 is 2.62 bits per heavy atom. The molecule has 0 aromatic carbocycles. The SMILES string of the molecule is C=CC[S+]([O-])C[C@@](N)(OC)C(=O)n1cc(-c2cc3ncc(I)n3cc2S(=O)(=O)C(C)(C)C)cn1. The van der Waals surface area contributed by atoms with Crippen molar-refractivity contribution in [1.82, 2.24) is 19.2 Å². The standard InChI is InChI=1S/C21H26IN5O5S2/c1-6-7-33(29)13-21(23,32-5)19(28)27-11-14(9-25-27)15-8-18-24-10-17(22)26(18)12-16(15)34(30,31)20(2,3)4/h6,8-12H,1,7,13,23H2,2-5H3/t21-,33?/m1/s1. The molecule has 34 heavy (non-hydrogen) atoms. The van der Waals surface area contributed by atoms with Gasteiger partial charge in [-0.25, -0.2) is 18.1 Å². The molecule has 184 valence electrons. The molecule has 3 heterocycles. The van der Waals surface area contributed by atoms with Crippen molar-refractivity contribution < 1.29 is 22.5 Å². The minimum Gasteiger partial charge on any atom is -0.616 e. The number of carbonyl (C=O) groups excluding carboxylic acids is 1. The van der Waals surface area contributed by atoms with E-state index in [-0.39, 0.29) is 16.4 Å². The Kier molecular flexibility index (Phi) is 7.65. The molecule has 2 N–H and O–H groups in total. The highest BCUT2D eigenvalue weighted by Gasteiger charge is 2.41. The normalized spacial score (nSPS) is 15.3. The summed E-state index contributed by atoms with van der Waals surface area (Å²) in [5.74, 6) is -0.849. The molecule has 0 aliphatic rings. The fourth-order valence-corrected chi connectivity index (χ4v) is 6.15. The number of halogens is 1. The molecule has 0 fully saturated rings. The summed E-state index contributed by atoms with van der Waals surface area (Å²) in [7, 11) is -2.54. The zero-order valence-corrected chi connectivity index (χ0v) is 23.0. The van der Waals surface area contributed by atoms with E-state index < -0.39 is 37.4 Å². The first-order chi connectivity index (χ1) is 15.7. The maximum atomic E-state index is 13.4. The summed E-state index contributed by atoms with van der Waals surface area (Å²) < 4.78 is 46.6. The number of carbonyl (C=O) groups is 1. The molecule has 2 atom stereocenters. The first kappa shape index (κ1) is 26.8. The first-order valence-corrected chi connectivity index (χ1v) is 14.1. The number of ether oxygens (including phenoxy) is 1. The topological polar surface area (TPSA) is 145 Å². The van der Waals surface area contributed by atoms with Gasteiger partial charge in [-0.1, -0.05) is 6.58 Å². The van der Waals surface area contributed by atoms with Gasteiger partial charge in [0.15, 0.2) is 15.6 Å². The van der Waals surface area contributed by atoms with Crippen molar-refractivity contribution in [3.63, 3.8) is 0 Å². The zero-order chi connectivity index (χ0) is 25.5. The highest BCUT2D eigenvalue weighted by Crippen LogP contribution is 2.34. The van der Waals surface area contributed by atoms with Crippen LogP contribution in [0.1, 0.15) is 25.6 Å². The van der Waals surface area contributed by atoms with Crippen molar-refractivity contribution in [3.8, 4) is 11.1 Å². The van der Waals surface area contributed by atoms with E-state index in [0.717, 1.165) is 8.38 Å². The van der Waals surface area contributed by atoms with Crippen LogP contribution in [0.25, 0.3) is 16.8 Å². The van der Waals surface area contributed by atoms with Crippen LogP contribution in [-0.2, 0) is 25.7 Å². The van der Waals surface area contributed by atoms with Gasteiger partial charge in [0.05, 0.1) is 22.0 Å². The fourth-order valence-electron chi connectivity index (χ4n) is 3.15. The number of imidazole rings is 1. The molecule has 3 aromatic heterocycles. The molecule has 0 radical (unpaired) electrons. The second-order valence-electron chi connectivity index (χ2n) is 8.59. The van der Waals surface area contributed by atoms with Gasteiger partial charge >= 0.3 is 0 Å². The summed E-state index contributed by atoms with van der Waals surface area (Å²) in [5.41, 5.74) is 5.49. The minimum atomic E-state index is -3.78. The van der Waals surface area contributed by atoms with Gasteiger partial charge in [-0.05, 0) is 66.7 Å². The average Bonchev–Trinajstić information content (AvgIpc) is 3.38. The summed E-state index contributed by atoms with van der Waals surface area (Å²) in [5, 5.41) is 4.09. The largest absolute Gasteiger partial charge is 0.616 e. The molecule has 13 heteroatoms. The highest BCUT2D eigenvalue weighted by atomic mass is 127. The lowest BCUT2D eigenvalue weighted by Gasteiger charge is -2.26. The minimum absolute atomic E-state index is 0.0771. The van der Waals surface area contributed by atoms with Crippen molar-refractivity contribution in [2.75, 3.05) is 18.6 Å². The number of hydrogen-bond acceptors (Lipinski definition) is 8. The van der Waals surface area contributed by atoms with Gasteiger partial charge in [-0.3, -0.25) is 14.9 Å². The fraction of sp³-hybridized carbons (Fsp3) is 0.381. The number of rotatable bonds is 8. The lowest BCUT2D eigenvalue weighted by atomic mass is 10.1. The molecule has 3 rings (SSSR count).